The van der Waals surface area contributed by atoms with Crippen molar-refractivity contribution in [1.29, 1.82) is 0 Å². The van der Waals surface area contributed by atoms with Crippen molar-refractivity contribution in [3.63, 3.8) is 0 Å². The van der Waals surface area contributed by atoms with E-state index in [0.717, 1.165) is 25.0 Å². The maximum absolute atomic E-state index is 11.6. The first-order valence-corrected chi connectivity index (χ1v) is 7.19. The second-order valence-corrected chi connectivity index (χ2v) is 5.29. The molecule has 0 unspecified atom stereocenters. The zero-order valence-corrected chi connectivity index (χ0v) is 11.6. The number of aryl methyl sites for hydroxylation is 2. The number of amides is 2. The number of fused-ring (bicyclic) bond motifs is 1. The van der Waals surface area contributed by atoms with Gasteiger partial charge in [-0.15, -0.1) is 11.3 Å². The molecule has 0 spiro atoms. The van der Waals surface area contributed by atoms with Crippen LogP contribution in [0.4, 0.5) is 9.93 Å². The fourth-order valence-electron chi connectivity index (χ4n) is 1.91. The standard InChI is InChI=1S/C12H17N3O3S/c1-2-18-10(16)7-13-11(17)15-12-14-8-5-3-4-6-9(8)19-12/h2-7H2,1H3,(H2,13,14,15,17). The van der Waals surface area contributed by atoms with Gasteiger partial charge in [-0.1, -0.05) is 0 Å². The maximum Gasteiger partial charge on any atom is 0.325 e. The monoisotopic (exact) mass is 283 g/mol. The van der Waals surface area contributed by atoms with Crippen LogP contribution in [0.1, 0.15) is 30.3 Å². The average molecular weight is 283 g/mol. The van der Waals surface area contributed by atoms with Crippen LogP contribution in [0.25, 0.3) is 0 Å². The molecular formula is C12H17N3O3S. The molecule has 1 aromatic heterocycles. The Bertz CT molecular complexity index is 449. The van der Waals surface area contributed by atoms with E-state index in [-0.39, 0.29) is 6.54 Å². The lowest BCUT2D eigenvalue weighted by molar-refractivity contribution is -0.141. The van der Waals surface area contributed by atoms with Crippen molar-refractivity contribution in [2.75, 3.05) is 18.5 Å². The SMILES string of the molecule is CCOC(=O)CNC(=O)Nc1nc2c(s1)CCCC2. The molecule has 0 radical (unpaired) electrons. The zero-order valence-electron chi connectivity index (χ0n) is 10.8. The van der Waals surface area contributed by atoms with Crippen LogP contribution in [0.5, 0.6) is 0 Å². The van der Waals surface area contributed by atoms with Crippen LogP contribution in [0.2, 0.25) is 0 Å². The minimum atomic E-state index is -0.448. The summed E-state index contributed by atoms with van der Waals surface area (Å²) in [4.78, 5) is 28.3. The molecule has 1 aromatic rings. The minimum absolute atomic E-state index is 0.134. The highest BCUT2D eigenvalue weighted by atomic mass is 32.1. The summed E-state index contributed by atoms with van der Waals surface area (Å²) in [7, 11) is 0. The summed E-state index contributed by atoms with van der Waals surface area (Å²) in [5, 5.41) is 5.68. The van der Waals surface area contributed by atoms with Crippen molar-refractivity contribution in [3.8, 4) is 0 Å². The Morgan fingerprint density at radius 1 is 1.37 bits per heavy atom. The number of thiazole rings is 1. The highest BCUT2D eigenvalue weighted by Crippen LogP contribution is 2.29. The number of carbonyl (C=O) groups is 2. The van der Waals surface area contributed by atoms with Crippen LogP contribution in [0.15, 0.2) is 0 Å². The van der Waals surface area contributed by atoms with Crippen LogP contribution in [-0.2, 0) is 22.4 Å². The van der Waals surface area contributed by atoms with E-state index in [9.17, 15) is 9.59 Å². The van der Waals surface area contributed by atoms with Crippen LogP contribution >= 0.6 is 11.3 Å². The maximum atomic E-state index is 11.6. The second-order valence-electron chi connectivity index (χ2n) is 4.21. The van der Waals surface area contributed by atoms with Crippen molar-refractivity contribution in [2.45, 2.75) is 32.6 Å². The molecule has 104 valence electrons. The molecule has 1 aliphatic carbocycles. The van der Waals surface area contributed by atoms with Crippen LogP contribution < -0.4 is 10.6 Å². The molecule has 1 aliphatic rings. The molecule has 2 amide bonds. The van der Waals surface area contributed by atoms with E-state index in [4.69, 9.17) is 4.74 Å². The van der Waals surface area contributed by atoms with Crippen molar-refractivity contribution < 1.29 is 14.3 Å². The van der Waals surface area contributed by atoms with E-state index in [1.807, 2.05) is 0 Å². The molecule has 1 heterocycles. The average Bonchev–Trinajstić information content (AvgIpc) is 2.78. The largest absolute Gasteiger partial charge is 0.465 e. The summed E-state index contributed by atoms with van der Waals surface area (Å²) >= 11 is 1.51. The normalized spacial score (nSPS) is 13.5. The van der Waals surface area contributed by atoms with Gasteiger partial charge in [-0.3, -0.25) is 10.1 Å². The molecule has 0 saturated carbocycles. The number of hydrogen-bond donors (Lipinski definition) is 2. The van der Waals surface area contributed by atoms with E-state index in [1.54, 1.807) is 6.92 Å². The number of aromatic nitrogens is 1. The van der Waals surface area contributed by atoms with Gasteiger partial charge in [0.25, 0.3) is 0 Å². The lowest BCUT2D eigenvalue weighted by Gasteiger charge is -2.06. The Morgan fingerprint density at radius 2 is 2.16 bits per heavy atom. The van der Waals surface area contributed by atoms with Gasteiger partial charge in [0, 0.05) is 4.88 Å². The predicted molar refractivity (Wildman–Crippen MR) is 72.4 cm³/mol. The molecule has 0 aromatic carbocycles. The third-order valence-corrected chi connectivity index (χ3v) is 3.84. The molecule has 6 nitrogen and oxygen atoms in total. The van der Waals surface area contributed by atoms with Gasteiger partial charge in [0.15, 0.2) is 5.13 Å². The summed E-state index contributed by atoms with van der Waals surface area (Å²) in [6, 6.07) is -0.431. The molecule has 0 atom stereocenters. The van der Waals surface area contributed by atoms with Crippen molar-refractivity contribution in [2.24, 2.45) is 0 Å². The highest BCUT2D eigenvalue weighted by Gasteiger charge is 2.16. The number of nitrogens with one attached hydrogen (secondary N) is 2. The van der Waals surface area contributed by atoms with E-state index >= 15 is 0 Å². The van der Waals surface area contributed by atoms with Crippen LogP contribution in [-0.4, -0.2) is 30.1 Å². The Morgan fingerprint density at radius 3 is 2.89 bits per heavy atom. The minimum Gasteiger partial charge on any atom is -0.465 e. The van der Waals surface area contributed by atoms with E-state index in [1.165, 1.54) is 22.6 Å². The van der Waals surface area contributed by atoms with Crippen molar-refractivity contribution in [3.05, 3.63) is 10.6 Å². The molecule has 19 heavy (non-hydrogen) atoms. The topological polar surface area (TPSA) is 80.3 Å². The summed E-state index contributed by atoms with van der Waals surface area (Å²) in [5.41, 5.74) is 1.09. The van der Waals surface area contributed by atoms with Gasteiger partial charge in [-0.05, 0) is 32.6 Å². The molecule has 0 saturated heterocycles. The summed E-state index contributed by atoms with van der Waals surface area (Å²) in [5.74, 6) is -0.448. The Labute approximate surface area is 115 Å². The fourth-order valence-corrected chi connectivity index (χ4v) is 2.96. The van der Waals surface area contributed by atoms with Gasteiger partial charge in [-0.25, -0.2) is 9.78 Å². The molecule has 0 fully saturated rings. The molecule has 7 heteroatoms. The Hall–Kier alpha value is -1.63. The number of esters is 1. The smallest absolute Gasteiger partial charge is 0.325 e. The number of carbonyl (C=O) groups excluding carboxylic acids is 2. The molecule has 2 rings (SSSR count). The predicted octanol–water partition coefficient (Wildman–Crippen LogP) is 1.71. The van der Waals surface area contributed by atoms with Gasteiger partial charge in [-0.2, -0.15) is 0 Å². The van der Waals surface area contributed by atoms with Crippen molar-refractivity contribution >= 4 is 28.5 Å². The number of urea groups is 1. The molecule has 0 aliphatic heterocycles. The first-order valence-electron chi connectivity index (χ1n) is 6.38. The van der Waals surface area contributed by atoms with Crippen molar-refractivity contribution in [1.82, 2.24) is 10.3 Å². The molecular weight excluding hydrogens is 266 g/mol. The zero-order chi connectivity index (χ0) is 13.7. The van der Waals surface area contributed by atoms with Gasteiger partial charge >= 0.3 is 12.0 Å². The van der Waals surface area contributed by atoms with Gasteiger partial charge in [0.2, 0.25) is 0 Å². The first-order chi connectivity index (χ1) is 9.19. The number of hydrogen-bond acceptors (Lipinski definition) is 5. The summed E-state index contributed by atoms with van der Waals surface area (Å²) < 4.78 is 4.71. The third kappa shape index (κ3) is 3.92. The first kappa shape index (κ1) is 13.8. The molecule has 0 bridgehead atoms. The van der Waals surface area contributed by atoms with E-state index < -0.39 is 12.0 Å². The van der Waals surface area contributed by atoms with Crippen LogP contribution in [0.3, 0.4) is 0 Å². The van der Waals surface area contributed by atoms with Gasteiger partial charge < -0.3 is 10.1 Å². The number of ether oxygens (including phenoxy) is 1. The van der Waals surface area contributed by atoms with Crippen LogP contribution in [0, 0.1) is 0 Å². The van der Waals surface area contributed by atoms with Gasteiger partial charge in [0.05, 0.1) is 12.3 Å². The fraction of sp³-hybridized carbons (Fsp3) is 0.583. The lowest BCUT2D eigenvalue weighted by atomic mass is 10.0. The Balaban J connectivity index is 1.82. The summed E-state index contributed by atoms with van der Waals surface area (Å²) in [6.07, 6.45) is 4.37. The van der Waals surface area contributed by atoms with Gasteiger partial charge in [0.1, 0.15) is 6.54 Å². The third-order valence-electron chi connectivity index (χ3n) is 2.76. The Kier molecular flexibility index (Phi) is 4.73. The lowest BCUT2D eigenvalue weighted by Crippen LogP contribution is -2.34. The molecule has 2 N–H and O–H groups in total. The second kappa shape index (κ2) is 6.51. The van der Waals surface area contributed by atoms with E-state index in [0.29, 0.717) is 11.7 Å². The number of nitrogens with zero attached hydrogens (tertiary/aromatic N) is 1. The van der Waals surface area contributed by atoms with E-state index in [2.05, 4.69) is 15.6 Å². The number of rotatable bonds is 4. The highest BCUT2D eigenvalue weighted by molar-refractivity contribution is 7.15. The quantitative estimate of drug-likeness (QED) is 0.824. The number of anilines is 1. The summed E-state index contributed by atoms with van der Waals surface area (Å²) in [6.45, 7) is 1.89.